The van der Waals surface area contributed by atoms with Crippen molar-refractivity contribution in [1.82, 2.24) is 0 Å². The molecule has 4 atom stereocenters. The molecule has 0 aromatic heterocycles. The Bertz CT molecular complexity index is 392. The summed E-state index contributed by atoms with van der Waals surface area (Å²) in [6, 6.07) is 0. The first-order valence-corrected chi connectivity index (χ1v) is 9.15. The SMILES string of the molecule is C.C.C.C.C1CC2C3CCC(C3)C2C1.C=CC(=O)OCC.C=CC(=O)OCC. The normalized spacial score (nSPS) is 24.4. The summed E-state index contributed by atoms with van der Waals surface area (Å²) in [6.07, 6.45) is 11.8. The first-order chi connectivity index (χ1) is 11.6. The average Bonchev–Trinajstić information content (AvgIpc) is 3.30. The van der Waals surface area contributed by atoms with Gasteiger partial charge in [-0.15, -0.1) is 0 Å². The van der Waals surface area contributed by atoms with E-state index in [0.29, 0.717) is 13.2 Å². The van der Waals surface area contributed by atoms with Crippen LogP contribution in [0.1, 0.15) is 82.1 Å². The first kappa shape index (κ1) is 34.0. The molecule has 28 heavy (non-hydrogen) atoms. The van der Waals surface area contributed by atoms with E-state index in [-0.39, 0.29) is 41.6 Å². The number of esters is 2. The predicted octanol–water partition coefficient (Wildman–Crippen LogP) is 6.85. The second kappa shape index (κ2) is 18.8. The number of ether oxygens (including phenoxy) is 2. The molecule has 3 aliphatic rings. The molecule has 0 spiro atoms. The van der Waals surface area contributed by atoms with E-state index in [9.17, 15) is 9.59 Å². The van der Waals surface area contributed by atoms with Crippen LogP contribution in [0.4, 0.5) is 0 Å². The molecule has 0 aromatic rings. The number of carbonyl (C=O) groups excluding carboxylic acids is 2. The van der Waals surface area contributed by atoms with Crippen molar-refractivity contribution in [2.45, 2.75) is 82.1 Å². The van der Waals surface area contributed by atoms with Crippen molar-refractivity contribution >= 4 is 11.9 Å². The Hall–Kier alpha value is -1.58. The molecular formula is C24H48O4. The molecule has 0 amide bonds. The van der Waals surface area contributed by atoms with Gasteiger partial charge in [-0.1, -0.05) is 49.3 Å². The third kappa shape index (κ3) is 10.7. The molecule has 4 unspecified atom stereocenters. The summed E-state index contributed by atoms with van der Waals surface area (Å²) in [5, 5.41) is 0. The lowest BCUT2D eigenvalue weighted by atomic mass is 9.82. The van der Waals surface area contributed by atoms with E-state index >= 15 is 0 Å². The van der Waals surface area contributed by atoms with Gasteiger partial charge >= 0.3 is 11.9 Å². The van der Waals surface area contributed by atoms with Crippen LogP contribution in [0, 0.1) is 23.7 Å². The minimum absolute atomic E-state index is 0. The van der Waals surface area contributed by atoms with Crippen LogP contribution in [0.2, 0.25) is 0 Å². The molecule has 0 aliphatic heterocycles. The predicted molar refractivity (Wildman–Crippen MR) is 122 cm³/mol. The van der Waals surface area contributed by atoms with Gasteiger partial charge in [0.15, 0.2) is 0 Å². The second-order valence-corrected chi connectivity index (χ2v) is 6.50. The molecule has 2 bridgehead atoms. The van der Waals surface area contributed by atoms with Crippen LogP contribution in [0.3, 0.4) is 0 Å². The Morgan fingerprint density at radius 3 is 1.39 bits per heavy atom. The number of rotatable bonds is 4. The molecule has 0 saturated heterocycles. The second-order valence-electron chi connectivity index (χ2n) is 6.50. The Balaban J connectivity index is -0.000000149. The Morgan fingerprint density at radius 1 is 0.786 bits per heavy atom. The number of hydrogen-bond acceptors (Lipinski definition) is 4. The van der Waals surface area contributed by atoms with Crippen molar-refractivity contribution in [1.29, 1.82) is 0 Å². The first-order valence-electron chi connectivity index (χ1n) is 9.15. The smallest absolute Gasteiger partial charge is 0.330 e. The van der Waals surface area contributed by atoms with Gasteiger partial charge in [0.25, 0.3) is 0 Å². The highest BCUT2D eigenvalue weighted by Gasteiger charge is 2.48. The van der Waals surface area contributed by atoms with Crippen LogP contribution >= 0.6 is 0 Å². The lowest BCUT2D eigenvalue weighted by Gasteiger charge is -2.23. The van der Waals surface area contributed by atoms with Gasteiger partial charge in [-0.05, 0) is 69.6 Å². The topological polar surface area (TPSA) is 52.6 Å². The van der Waals surface area contributed by atoms with Gasteiger partial charge in [0.1, 0.15) is 0 Å². The highest BCUT2D eigenvalue weighted by Crippen LogP contribution is 2.58. The van der Waals surface area contributed by atoms with E-state index < -0.39 is 0 Å². The van der Waals surface area contributed by atoms with E-state index in [2.05, 4.69) is 22.6 Å². The summed E-state index contributed by atoms with van der Waals surface area (Å²) >= 11 is 0. The fourth-order valence-electron chi connectivity index (χ4n) is 4.42. The maximum atomic E-state index is 10.1. The van der Waals surface area contributed by atoms with Crippen molar-refractivity contribution < 1.29 is 19.1 Å². The molecule has 168 valence electrons. The molecule has 3 saturated carbocycles. The van der Waals surface area contributed by atoms with Gasteiger partial charge in [0, 0.05) is 12.2 Å². The highest BCUT2D eigenvalue weighted by molar-refractivity contribution is 5.81. The molecule has 0 aromatic carbocycles. The Morgan fingerprint density at radius 2 is 1.14 bits per heavy atom. The molecule has 3 aliphatic carbocycles. The van der Waals surface area contributed by atoms with Crippen LogP contribution in [0.25, 0.3) is 0 Å². The Labute approximate surface area is 175 Å². The van der Waals surface area contributed by atoms with Gasteiger partial charge < -0.3 is 9.47 Å². The van der Waals surface area contributed by atoms with Gasteiger partial charge in [-0.2, -0.15) is 0 Å². The van der Waals surface area contributed by atoms with Crippen molar-refractivity contribution in [3.8, 4) is 0 Å². The molecule has 3 rings (SSSR count). The van der Waals surface area contributed by atoms with Crippen LogP contribution in [0.5, 0.6) is 0 Å². The van der Waals surface area contributed by atoms with E-state index in [4.69, 9.17) is 0 Å². The zero-order valence-corrected chi connectivity index (χ0v) is 15.2. The number of hydrogen-bond donors (Lipinski definition) is 0. The minimum Gasteiger partial charge on any atom is -0.463 e. The molecule has 3 fully saturated rings. The summed E-state index contributed by atoms with van der Waals surface area (Å²) in [4.78, 5) is 20.1. The maximum Gasteiger partial charge on any atom is 0.330 e. The molecule has 0 heterocycles. The van der Waals surface area contributed by atoms with E-state index in [0.717, 1.165) is 12.2 Å². The molecular weight excluding hydrogens is 352 g/mol. The quantitative estimate of drug-likeness (QED) is 0.382. The van der Waals surface area contributed by atoms with Crippen molar-refractivity contribution in [2.75, 3.05) is 13.2 Å². The standard InChI is InChI=1S/C10H16.2C5H8O2.4CH4/c1-2-9-7-4-5-8(6-7)10(9)3-1;2*1-3-5(6)7-4-2;;;;/h7-10H,1-6H2;2*3H,1,4H2,2H3;4*1H4. The van der Waals surface area contributed by atoms with Crippen LogP contribution in [-0.2, 0) is 19.1 Å². The van der Waals surface area contributed by atoms with Gasteiger partial charge in [0.05, 0.1) is 13.2 Å². The summed E-state index contributed by atoms with van der Waals surface area (Å²) in [6.45, 7) is 10.8. The summed E-state index contributed by atoms with van der Waals surface area (Å²) in [7, 11) is 0. The van der Waals surface area contributed by atoms with Crippen molar-refractivity contribution in [3.63, 3.8) is 0 Å². The van der Waals surface area contributed by atoms with E-state index in [1.165, 1.54) is 23.7 Å². The lowest BCUT2D eigenvalue weighted by molar-refractivity contribution is -0.138. The largest absolute Gasteiger partial charge is 0.463 e. The van der Waals surface area contributed by atoms with E-state index in [1.807, 2.05) is 0 Å². The number of carbonyl (C=O) groups is 2. The maximum absolute atomic E-state index is 10.1. The summed E-state index contributed by atoms with van der Waals surface area (Å²) in [5.74, 6) is 4.08. The third-order valence-electron chi connectivity index (χ3n) is 5.26. The monoisotopic (exact) mass is 400 g/mol. The van der Waals surface area contributed by atoms with Crippen LogP contribution < -0.4 is 0 Å². The molecule has 4 heteroatoms. The lowest BCUT2D eigenvalue weighted by Crippen LogP contribution is -2.15. The minimum atomic E-state index is -0.359. The molecule has 0 radical (unpaired) electrons. The van der Waals surface area contributed by atoms with Crippen molar-refractivity contribution in [2.24, 2.45) is 23.7 Å². The third-order valence-corrected chi connectivity index (χ3v) is 5.26. The van der Waals surface area contributed by atoms with Crippen LogP contribution in [-0.4, -0.2) is 25.2 Å². The van der Waals surface area contributed by atoms with Crippen LogP contribution in [0.15, 0.2) is 25.3 Å². The summed E-state index contributed by atoms with van der Waals surface area (Å²) < 4.78 is 8.87. The molecule has 0 N–H and O–H groups in total. The summed E-state index contributed by atoms with van der Waals surface area (Å²) in [5.41, 5.74) is 0. The average molecular weight is 401 g/mol. The highest BCUT2D eigenvalue weighted by atomic mass is 16.5. The van der Waals surface area contributed by atoms with Gasteiger partial charge in [0.2, 0.25) is 0 Å². The van der Waals surface area contributed by atoms with E-state index in [1.54, 1.807) is 52.4 Å². The fraction of sp³-hybridized carbons (Fsp3) is 0.750. The molecule has 4 nitrogen and oxygen atoms in total. The van der Waals surface area contributed by atoms with Crippen molar-refractivity contribution in [3.05, 3.63) is 25.3 Å². The zero-order chi connectivity index (χ0) is 17.9. The fourth-order valence-corrected chi connectivity index (χ4v) is 4.42. The number of fused-ring (bicyclic) bond motifs is 5. The zero-order valence-electron chi connectivity index (χ0n) is 15.2. The van der Waals surface area contributed by atoms with Gasteiger partial charge in [-0.25, -0.2) is 9.59 Å². The van der Waals surface area contributed by atoms with Gasteiger partial charge in [-0.3, -0.25) is 0 Å². The Kier molecular flexibility index (Phi) is 22.8.